The van der Waals surface area contributed by atoms with Gasteiger partial charge >= 0.3 is 0 Å². The number of nitrogens with zero attached hydrogens (tertiary/aromatic N) is 5. The zero-order chi connectivity index (χ0) is 17.8. The second-order valence-electron chi connectivity index (χ2n) is 5.99. The summed E-state index contributed by atoms with van der Waals surface area (Å²) in [6.45, 7) is 2.46. The van der Waals surface area contributed by atoms with Gasteiger partial charge in [-0.2, -0.15) is 10.5 Å². The predicted molar refractivity (Wildman–Crippen MR) is 89.8 cm³/mol. The Kier molecular flexibility index (Phi) is 4.58. The number of aromatic nitrogens is 2. The quantitative estimate of drug-likeness (QED) is 0.857. The van der Waals surface area contributed by atoms with Gasteiger partial charge in [0.2, 0.25) is 0 Å². The molecule has 0 bridgehead atoms. The minimum absolute atomic E-state index is 0.0810. The standard InChI is InChI=1S/C18H16N6O/c1-12-5-15(9-24(12)10-20)23-18(25)17-7-16(21-11-22-17)14-4-2-3-13(6-14)8-19/h2-4,6-7,11-12,15H,5,9H2,1H3,(H,23,25)/t12-,15-/m1/s1. The van der Waals surface area contributed by atoms with Gasteiger partial charge in [-0.3, -0.25) is 4.79 Å². The van der Waals surface area contributed by atoms with Crippen LogP contribution in [0.1, 0.15) is 29.4 Å². The lowest BCUT2D eigenvalue weighted by Crippen LogP contribution is -2.36. The Morgan fingerprint density at radius 3 is 2.88 bits per heavy atom. The van der Waals surface area contributed by atoms with Gasteiger partial charge in [0.15, 0.2) is 6.19 Å². The molecule has 0 spiro atoms. The Morgan fingerprint density at radius 2 is 2.16 bits per heavy atom. The second-order valence-corrected chi connectivity index (χ2v) is 5.99. The van der Waals surface area contributed by atoms with Crippen LogP contribution >= 0.6 is 0 Å². The minimum Gasteiger partial charge on any atom is -0.346 e. The lowest BCUT2D eigenvalue weighted by atomic mass is 10.1. The van der Waals surface area contributed by atoms with Crippen molar-refractivity contribution in [1.29, 1.82) is 10.5 Å². The van der Waals surface area contributed by atoms with Crippen molar-refractivity contribution in [1.82, 2.24) is 20.2 Å². The van der Waals surface area contributed by atoms with Crippen LogP contribution in [0.5, 0.6) is 0 Å². The van der Waals surface area contributed by atoms with Crippen LogP contribution in [0.25, 0.3) is 11.3 Å². The molecule has 2 aromatic rings. The number of amides is 1. The zero-order valence-corrected chi connectivity index (χ0v) is 13.7. The van der Waals surface area contributed by atoms with Gasteiger partial charge in [-0.1, -0.05) is 12.1 Å². The van der Waals surface area contributed by atoms with Gasteiger partial charge in [0.25, 0.3) is 5.91 Å². The highest BCUT2D eigenvalue weighted by Gasteiger charge is 2.29. The van der Waals surface area contributed by atoms with Crippen molar-refractivity contribution in [2.24, 2.45) is 0 Å². The number of rotatable bonds is 3. The van der Waals surface area contributed by atoms with Crippen molar-refractivity contribution in [3.8, 4) is 23.5 Å². The lowest BCUT2D eigenvalue weighted by Gasteiger charge is -2.12. The number of benzene rings is 1. The van der Waals surface area contributed by atoms with Gasteiger partial charge in [0.1, 0.15) is 12.0 Å². The lowest BCUT2D eigenvalue weighted by molar-refractivity contribution is 0.0933. The van der Waals surface area contributed by atoms with E-state index >= 15 is 0 Å². The van der Waals surface area contributed by atoms with E-state index in [0.29, 0.717) is 17.8 Å². The maximum Gasteiger partial charge on any atom is 0.270 e. The molecule has 1 aliphatic heterocycles. The van der Waals surface area contributed by atoms with Crippen molar-refractivity contribution >= 4 is 5.91 Å². The van der Waals surface area contributed by atoms with Crippen LogP contribution in [-0.4, -0.2) is 39.4 Å². The number of likely N-dealkylation sites (tertiary alicyclic amines) is 1. The van der Waals surface area contributed by atoms with E-state index in [2.05, 4.69) is 27.5 Å². The summed E-state index contributed by atoms with van der Waals surface area (Å²) in [4.78, 5) is 22.3. The first-order chi connectivity index (χ1) is 12.1. The van der Waals surface area contributed by atoms with Crippen molar-refractivity contribution in [2.75, 3.05) is 6.54 Å². The number of hydrogen-bond donors (Lipinski definition) is 1. The van der Waals surface area contributed by atoms with Crippen LogP contribution in [0.15, 0.2) is 36.7 Å². The third kappa shape index (κ3) is 3.56. The Morgan fingerprint density at radius 1 is 1.32 bits per heavy atom. The second kappa shape index (κ2) is 6.98. The molecular formula is C18H16N6O. The summed E-state index contributed by atoms with van der Waals surface area (Å²) in [5, 5.41) is 20.9. The van der Waals surface area contributed by atoms with E-state index in [0.717, 1.165) is 12.0 Å². The smallest absolute Gasteiger partial charge is 0.270 e. The van der Waals surface area contributed by atoms with Gasteiger partial charge in [-0.25, -0.2) is 9.97 Å². The van der Waals surface area contributed by atoms with E-state index in [1.807, 2.05) is 13.0 Å². The molecule has 0 saturated carbocycles. The Labute approximate surface area is 145 Å². The molecular weight excluding hydrogens is 316 g/mol. The molecule has 1 aromatic heterocycles. The Hall–Kier alpha value is -3.45. The van der Waals surface area contributed by atoms with Crippen LogP contribution in [0, 0.1) is 22.8 Å². The van der Waals surface area contributed by atoms with Crippen molar-refractivity contribution in [2.45, 2.75) is 25.4 Å². The molecule has 1 aliphatic rings. The van der Waals surface area contributed by atoms with Crippen molar-refractivity contribution in [3.05, 3.63) is 47.9 Å². The summed E-state index contributed by atoms with van der Waals surface area (Å²) in [5.41, 5.74) is 2.12. The molecule has 0 aliphatic carbocycles. The van der Waals surface area contributed by atoms with Crippen LogP contribution < -0.4 is 5.32 Å². The molecule has 1 saturated heterocycles. The number of hydrogen-bond acceptors (Lipinski definition) is 6. The molecule has 1 N–H and O–H groups in total. The first-order valence-corrected chi connectivity index (χ1v) is 7.90. The summed E-state index contributed by atoms with van der Waals surface area (Å²) in [6.07, 6.45) is 4.19. The number of carbonyl (C=O) groups excluding carboxylic acids is 1. The first kappa shape index (κ1) is 16.4. The van der Waals surface area contributed by atoms with E-state index in [4.69, 9.17) is 10.5 Å². The average Bonchev–Trinajstić information content (AvgIpc) is 3.01. The molecule has 0 radical (unpaired) electrons. The monoisotopic (exact) mass is 332 g/mol. The topological polar surface area (TPSA) is 106 Å². The highest BCUT2D eigenvalue weighted by atomic mass is 16.2. The van der Waals surface area contributed by atoms with Crippen LogP contribution in [0.2, 0.25) is 0 Å². The maximum absolute atomic E-state index is 12.5. The maximum atomic E-state index is 12.5. The van der Waals surface area contributed by atoms with Crippen LogP contribution in [0.4, 0.5) is 0 Å². The number of nitrogens with one attached hydrogen (secondary N) is 1. The van der Waals surface area contributed by atoms with Crippen LogP contribution in [0.3, 0.4) is 0 Å². The average molecular weight is 332 g/mol. The van der Waals surface area contributed by atoms with Crippen molar-refractivity contribution in [3.63, 3.8) is 0 Å². The molecule has 0 unspecified atom stereocenters. The highest BCUT2D eigenvalue weighted by Crippen LogP contribution is 2.19. The fraction of sp³-hybridized carbons (Fsp3) is 0.278. The van der Waals surface area contributed by atoms with E-state index < -0.39 is 0 Å². The highest BCUT2D eigenvalue weighted by molar-refractivity contribution is 5.93. The molecule has 3 rings (SSSR count). The van der Waals surface area contributed by atoms with Gasteiger partial charge in [0.05, 0.1) is 17.3 Å². The van der Waals surface area contributed by atoms with Gasteiger partial charge in [0, 0.05) is 24.2 Å². The fourth-order valence-electron chi connectivity index (χ4n) is 2.92. The van der Waals surface area contributed by atoms with E-state index in [1.54, 1.807) is 29.2 Å². The van der Waals surface area contributed by atoms with Gasteiger partial charge in [-0.05, 0) is 31.5 Å². The molecule has 2 heterocycles. The fourth-order valence-corrected chi connectivity index (χ4v) is 2.92. The largest absolute Gasteiger partial charge is 0.346 e. The summed E-state index contributed by atoms with van der Waals surface area (Å²) < 4.78 is 0. The van der Waals surface area contributed by atoms with Gasteiger partial charge < -0.3 is 10.2 Å². The molecule has 1 aromatic carbocycles. The first-order valence-electron chi connectivity index (χ1n) is 7.90. The van der Waals surface area contributed by atoms with Crippen molar-refractivity contribution < 1.29 is 4.79 Å². The number of nitriles is 2. The Balaban J connectivity index is 1.76. The summed E-state index contributed by atoms with van der Waals surface area (Å²) >= 11 is 0. The molecule has 1 fully saturated rings. The molecule has 124 valence electrons. The summed E-state index contributed by atoms with van der Waals surface area (Å²) in [7, 11) is 0. The minimum atomic E-state index is -0.294. The predicted octanol–water partition coefficient (Wildman–Crippen LogP) is 1.69. The zero-order valence-electron chi connectivity index (χ0n) is 13.7. The molecule has 7 heteroatoms. The summed E-state index contributed by atoms with van der Waals surface area (Å²) in [5.74, 6) is -0.294. The SMILES string of the molecule is C[C@@H]1C[C@@H](NC(=O)c2cc(-c3cccc(C#N)c3)ncn2)CN1C#N. The van der Waals surface area contributed by atoms with E-state index in [-0.39, 0.29) is 23.7 Å². The normalized spacial score (nSPS) is 19.1. The van der Waals surface area contributed by atoms with E-state index in [9.17, 15) is 4.79 Å². The Bertz CT molecular complexity index is 882. The molecule has 1 amide bonds. The molecule has 25 heavy (non-hydrogen) atoms. The third-order valence-corrected chi connectivity index (χ3v) is 4.23. The molecule has 7 nitrogen and oxygen atoms in total. The molecule has 2 atom stereocenters. The number of carbonyl (C=O) groups is 1. The summed E-state index contributed by atoms with van der Waals surface area (Å²) in [6, 6.07) is 10.7. The third-order valence-electron chi connectivity index (χ3n) is 4.23. The van der Waals surface area contributed by atoms with E-state index in [1.165, 1.54) is 6.33 Å². The van der Waals surface area contributed by atoms with Gasteiger partial charge in [-0.15, -0.1) is 0 Å². The van der Waals surface area contributed by atoms with Crippen LogP contribution in [-0.2, 0) is 0 Å².